The van der Waals surface area contributed by atoms with E-state index in [1.807, 2.05) is 7.05 Å². The maximum atomic E-state index is 3.91. The SMILES string of the molecule is CCC(Nc1cnnn1C)C1CCC1. The van der Waals surface area contributed by atoms with Crippen molar-refractivity contribution in [3.8, 4) is 0 Å². The molecule has 4 nitrogen and oxygen atoms in total. The van der Waals surface area contributed by atoms with Crippen molar-refractivity contribution in [2.24, 2.45) is 13.0 Å². The van der Waals surface area contributed by atoms with Crippen LogP contribution in [-0.2, 0) is 7.05 Å². The first-order valence-corrected chi connectivity index (χ1v) is 5.42. The molecule has 1 N–H and O–H groups in total. The summed E-state index contributed by atoms with van der Waals surface area (Å²) < 4.78 is 1.79. The zero-order valence-corrected chi connectivity index (χ0v) is 8.90. The van der Waals surface area contributed by atoms with Crippen molar-refractivity contribution < 1.29 is 0 Å². The third-order valence-corrected chi connectivity index (χ3v) is 3.21. The van der Waals surface area contributed by atoms with Gasteiger partial charge >= 0.3 is 0 Å². The Morgan fingerprint density at radius 3 is 2.86 bits per heavy atom. The first kappa shape index (κ1) is 9.49. The smallest absolute Gasteiger partial charge is 0.144 e. The van der Waals surface area contributed by atoms with Crippen LogP contribution in [0.1, 0.15) is 32.6 Å². The minimum Gasteiger partial charge on any atom is -0.366 e. The molecule has 0 radical (unpaired) electrons. The molecule has 1 aromatic heterocycles. The van der Waals surface area contributed by atoms with E-state index in [0.29, 0.717) is 6.04 Å². The number of aromatic nitrogens is 3. The minimum atomic E-state index is 0.598. The molecule has 14 heavy (non-hydrogen) atoms. The Kier molecular flexibility index (Phi) is 2.70. The Morgan fingerprint density at radius 1 is 1.64 bits per heavy atom. The molecule has 1 heterocycles. The number of hydrogen-bond donors (Lipinski definition) is 1. The average Bonchev–Trinajstić information content (AvgIpc) is 2.47. The summed E-state index contributed by atoms with van der Waals surface area (Å²) in [4.78, 5) is 0. The van der Waals surface area contributed by atoms with Gasteiger partial charge in [-0.25, -0.2) is 4.68 Å². The third-order valence-electron chi connectivity index (χ3n) is 3.21. The highest BCUT2D eigenvalue weighted by Gasteiger charge is 2.26. The van der Waals surface area contributed by atoms with Crippen LogP contribution in [0.4, 0.5) is 5.82 Å². The van der Waals surface area contributed by atoms with Gasteiger partial charge in [0.1, 0.15) is 5.82 Å². The molecule has 0 aliphatic heterocycles. The largest absolute Gasteiger partial charge is 0.366 e. The van der Waals surface area contributed by atoms with Crippen LogP contribution in [0.5, 0.6) is 0 Å². The Bertz CT molecular complexity index is 290. The summed E-state index contributed by atoms with van der Waals surface area (Å²) in [7, 11) is 1.92. The first-order valence-electron chi connectivity index (χ1n) is 5.42. The molecule has 0 spiro atoms. The molecule has 1 aromatic rings. The fraction of sp³-hybridized carbons (Fsp3) is 0.800. The number of nitrogens with zero attached hydrogens (tertiary/aromatic N) is 3. The summed E-state index contributed by atoms with van der Waals surface area (Å²) in [5.74, 6) is 1.89. The van der Waals surface area contributed by atoms with Crippen molar-refractivity contribution in [2.75, 3.05) is 5.32 Å². The molecule has 1 aliphatic rings. The highest BCUT2D eigenvalue weighted by molar-refractivity contribution is 5.32. The lowest BCUT2D eigenvalue weighted by molar-refractivity contribution is 0.269. The Morgan fingerprint density at radius 2 is 2.43 bits per heavy atom. The molecule has 1 saturated carbocycles. The maximum absolute atomic E-state index is 3.91. The summed E-state index contributed by atoms with van der Waals surface area (Å²) in [6.45, 7) is 2.24. The predicted molar refractivity (Wildman–Crippen MR) is 56.0 cm³/mol. The van der Waals surface area contributed by atoms with Gasteiger partial charge in [-0.2, -0.15) is 0 Å². The lowest BCUT2D eigenvalue weighted by Gasteiger charge is -2.34. The van der Waals surface area contributed by atoms with Crippen LogP contribution in [0.2, 0.25) is 0 Å². The summed E-state index contributed by atoms with van der Waals surface area (Å²) in [6, 6.07) is 0.598. The highest BCUT2D eigenvalue weighted by atomic mass is 15.4. The van der Waals surface area contributed by atoms with E-state index in [9.17, 15) is 0 Å². The van der Waals surface area contributed by atoms with Crippen molar-refractivity contribution in [2.45, 2.75) is 38.6 Å². The van der Waals surface area contributed by atoms with Gasteiger partial charge < -0.3 is 5.32 Å². The Labute approximate surface area is 84.7 Å². The zero-order valence-electron chi connectivity index (χ0n) is 8.90. The average molecular weight is 194 g/mol. The van der Waals surface area contributed by atoms with Crippen molar-refractivity contribution in [3.63, 3.8) is 0 Å². The quantitative estimate of drug-likeness (QED) is 0.794. The van der Waals surface area contributed by atoms with Crippen molar-refractivity contribution in [1.82, 2.24) is 15.0 Å². The van der Waals surface area contributed by atoms with Gasteiger partial charge in [-0.1, -0.05) is 18.6 Å². The highest BCUT2D eigenvalue weighted by Crippen LogP contribution is 2.32. The van der Waals surface area contributed by atoms with E-state index < -0.39 is 0 Å². The van der Waals surface area contributed by atoms with Crippen LogP contribution >= 0.6 is 0 Å². The van der Waals surface area contributed by atoms with Crippen LogP contribution in [0.3, 0.4) is 0 Å². The Balaban J connectivity index is 1.97. The van der Waals surface area contributed by atoms with Gasteiger partial charge in [0.05, 0.1) is 6.20 Å². The molecular formula is C10H18N4. The van der Waals surface area contributed by atoms with Gasteiger partial charge in [0.2, 0.25) is 0 Å². The van der Waals surface area contributed by atoms with Crippen molar-refractivity contribution >= 4 is 5.82 Å². The number of nitrogens with one attached hydrogen (secondary N) is 1. The van der Waals surface area contributed by atoms with Crippen molar-refractivity contribution in [3.05, 3.63) is 6.20 Å². The summed E-state index contributed by atoms with van der Waals surface area (Å²) in [5.41, 5.74) is 0. The number of anilines is 1. The monoisotopic (exact) mass is 194 g/mol. The zero-order chi connectivity index (χ0) is 9.97. The lowest BCUT2D eigenvalue weighted by Crippen LogP contribution is -2.33. The molecule has 2 rings (SSSR count). The molecule has 78 valence electrons. The number of hydrogen-bond acceptors (Lipinski definition) is 3. The summed E-state index contributed by atoms with van der Waals surface area (Å²) in [6.07, 6.45) is 7.11. The molecule has 0 amide bonds. The summed E-state index contributed by atoms with van der Waals surface area (Å²) in [5, 5.41) is 11.3. The van der Waals surface area contributed by atoms with Crippen LogP contribution in [0, 0.1) is 5.92 Å². The second-order valence-corrected chi connectivity index (χ2v) is 4.09. The van der Waals surface area contributed by atoms with Gasteiger partial charge in [0, 0.05) is 13.1 Å². The maximum Gasteiger partial charge on any atom is 0.144 e. The van der Waals surface area contributed by atoms with Crippen LogP contribution < -0.4 is 5.32 Å². The second kappa shape index (κ2) is 3.98. The minimum absolute atomic E-state index is 0.598. The first-order chi connectivity index (χ1) is 6.81. The third kappa shape index (κ3) is 1.74. The molecule has 1 unspecified atom stereocenters. The molecule has 1 fully saturated rings. The molecular weight excluding hydrogens is 176 g/mol. The molecule has 0 bridgehead atoms. The second-order valence-electron chi connectivity index (χ2n) is 4.09. The van der Waals surface area contributed by atoms with Crippen molar-refractivity contribution in [1.29, 1.82) is 0 Å². The van der Waals surface area contributed by atoms with Gasteiger partial charge in [-0.15, -0.1) is 5.10 Å². The fourth-order valence-electron chi connectivity index (χ4n) is 2.01. The van der Waals surface area contributed by atoms with E-state index in [-0.39, 0.29) is 0 Å². The molecule has 4 heteroatoms. The molecule has 1 aliphatic carbocycles. The van der Waals surface area contributed by atoms with Gasteiger partial charge in [-0.05, 0) is 25.2 Å². The lowest BCUT2D eigenvalue weighted by atomic mass is 9.79. The fourth-order valence-corrected chi connectivity index (χ4v) is 2.01. The van der Waals surface area contributed by atoms with Crippen LogP contribution in [0.25, 0.3) is 0 Å². The van der Waals surface area contributed by atoms with E-state index in [1.54, 1.807) is 10.9 Å². The Hall–Kier alpha value is -1.06. The van der Waals surface area contributed by atoms with Crippen LogP contribution in [0.15, 0.2) is 6.20 Å². The van der Waals surface area contributed by atoms with Gasteiger partial charge in [0.25, 0.3) is 0 Å². The topological polar surface area (TPSA) is 42.7 Å². The summed E-state index contributed by atoms with van der Waals surface area (Å²) >= 11 is 0. The van der Waals surface area contributed by atoms with E-state index in [4.69, 9.17) is 0 Å². The normalized spacial score (nSPS) is 19.0. The van der Waals surface area contributed by atoms with E-state index >= 15 is 0 Å². The predicted octanol–water partition coefficient (Wildman–Crippen LogP) is 1.81. The standard InChI is InChI=1S/C10H18N4/c1-3-9(8-5-4-6-8)12-10-7-11-13-14(10)2/h7-9,12H,3-6H2,1-2H3. The van der Waals surface area contributed by atoms with E-state index in [0.717, 1.165) is 11.7 Å². The molecule has 1 atom stereocenters. The van der Waals surface area contributed by atoms with Gasteiger partial charge in [-0.3, -0.25) is 0 Å². The van der Waals surface area contributed by atoms with Crippen LogP contribution in [-0.4, -0.2) is 21.0 Å². The number of aryl methyl sites for hydroxylation is 1. The number of rotatable bonds is 4. The van der Waals surface area contributed by atoms with Gasteiger partial charge in [0.15, 0.2) is 0 Å². The van der Waals surface area contributed by atoms with E-state index in [2.05, 4.69) is 22.6 Å². The molecule has 0 aromatic carbocycles. The molecule has 0 saturated heterocycles. The van der Waals surface area contributed by atoms with E-state index in [1.165, 1.54) is 25.7 Å².